The van der Waals surface area contributed by atoms with Crippen molar-refractivity contribution in [1.29, 1.82) is 0 Å². The van der Waals surface area contributed by atoms with E-state index in [1.54, 1.807) is 29.8 Å². The first-order chi connectivity index (χ1) is 11.1. The fourth-order valence-corrected chi connectivity index (χ4v) is 3.32. The number of carbonyl (C=O) groups is 1. The average Bonchev–Trinajstić information content (AvgIpc) is 3.08. The third-order valence-corrected chi connectivity index (χ3v) is 4.56. The number of hydrogen-bond acceptors (Lipinski definition) is 6. The SMILES string of the molecule is O=C(Nc1nccs1)[C@H]1CCCN(c2ccccc2[N+](=O)[O-])C1. The van der Waals surface area contributed by atoms with Crippen LogP contribution in [0.3, 0.4) is 0 Å². The van der Waals surface area contributed by atoms with Gasteiger partial charge in [-0.1, -0.05) is 12.1 Å². The second-order valence-corrected chi connectivity index (χ2v) is 6.25. The summed E-state index contributed by atoms with van der Waals surface area (Å²) in [4.78, 5) is 29.1. The number of aromatic nitrogens is 1. The molecule has 1 saturated heterocycles. The van der Waals surface area contributed by atoms with Crippen LogP contribution < -0.4 is 10.2 Å². The highest BCUT2D eigenvalue weighted by molar-refractivity contribution is 7.13. The molecule has 1 fully saturated rings. The lowest BCUT2D eigenvalue weighted by Crippen LogP contribution is -2.41. The number of piperidine rings is 1. The van der Waals surface area contributed by atoms with E-state index in [0.29, 0.717) is 23.9 Å². The van der Waals surface area contributed by atoms with Crippen molar-refractivity contribution >= 4 is 33.8 Å². The van der Waals surface area contributed by atoms with Crippen molar-refractivity contribution in [3.63, 3.8) is 0 Å². The summed E-state index contributed by atoms with van der Waals surface area (Å²) in [6.45, 7) is 1.19. The van der Waals surface area contributed by atoms with Crippen LogP contribution >= 0.6 is 11.3 Å². The van der Waals surface area contributed by atoms with Crippen LogP contribution in [0, 0.1) is 16.0 Å². The summed E-state index contributed by atoms with van der Waals surface area (Å²) in [5.74, 6) is -0.282. The molecule has 2 aromatic rings. The van der Waals surface area contributed by atoms with Gasteiger partial charge in [0.1, 0.15) is 5.69 Å². The Kier molecular flexibility index (Phi) is 4.52. The number of nitro groups is 1. The van der Waals surface area contributed by atoms with Crippen molar-refractivity contribution in [2.75, 3.05) is 23.3 Å². The molecule has 8 heteroatoms. The van der Waals surface area contributed by atoms with E-state index in [1.165, 1.54) is 17.4 Å². The van der Waals surface area contributed by atoms with E-state index in [1.807, 2.05) is 4.90 Å². The first-order valence-electron chi connectivity index (χ1n) is 7.34. The molecule has 0 unspecified atom stereocenters. The maximum Gasteiger partial charge on any atom is 0.292 e. The minimum Gasteiger partial charge on any atom is -0.365 e. The van der Waals surface area contributed by atoms with E-state index in [0.717, 1.165) is 12.8 Å². The van der Waals surface area contributed by atoms with E-state index in [2.05, 4.69) is 10.3 Å². The lowest BCUT2D eigenvalue weighted by atomic mass is 9.96. The monoisotopic (exact) mass is 332 g/mol. The average molecular weight is 332 g/mol. The Hall–Kier alpha value is -2.48. The Labute approximate surface area is 137 Å². The Balaban J connectivity index is 1.73. The van der Waals surface area contributed by atoms with Gasteiger partial charge in [0.2, 0.25) is 5.91 Å². The van der Waals surface area contributed by atoms with Crippen molar-refractivity contribution < 1.29 is 9.72 Å². The molecule has 0 radical (unpaired) electrons. The molecule has 0 aliphatic carbocycles. The maximum atomic E-state index is 12.4. The number of rotatable bonds is 4. The predicted octanol–water partition coefficient (Wildman–Crippen LogP) is 2.91. The number of benzene rings is 1. The molecule has 0 spiro atoms. The van der Waals surface area contributed by atoms with Crippen molar-refractivity contribution in [2.24, 2.45) is 5.92 Å². The number of anilines is 2. The molecule has 1 atom stereocenters. The number of para-hydroxylation sites is 2. The van der Waals surface area contributed by atoms with Crippen LogP contribution in [0.25, 0.3) is 0 Å². The number of hydrogen-bond donors (Lipinski definition) is 1. The quantitative estimate of drug-likeness (QED) is 0.687. The molecular formula is C15H16N4O3S. The summed E-state index contributed by atoms with van der Waals surface area (Å²) in [6, 6.07) is 6.66. The highest BCUT2D eigenvalue weighted by Crippen LogP contribution is 2.31. The molecule has 1 amide bonds. The molecule has 1 N–H and O–H groups in total. The number of amides is 1. The predicted molar refractivity (Wildman–Crippen MR) is 88.8 cm³/mol. The lowest BCUT2D eigenvalue weighted by molar-refractivity contribution is -0.384. The maximum absolute atomic E-state index is 12.4. The normalized spacial score (nSPS) is 17.7. The van der Waals surface area contributed by atoms with Crippen molar-refractivity contribution in [3.05, 3.63) is 46.0 Å². The van der Waals surface area contributed by atoms with Crippen LogP contribution in [0.4, 0.5) is 16.5 Å². The highest BCUT2D eigenvalue weighted by atomic mass is 32.1. The van der Waals surface area contributed by atoms with Gasteiger partial charge in [0.15, 0.2) is 5.13 Å². The summed E-state index contributed by atoms with van der Waals surface area (Å²) in [7, 11) is 0. The van der Waals surface area contributed by atoms with Crippen LogP contribution in [-0.2, 0) is 4.79 Å². The zero-order chi connectivity index (χ0) is 16.2. The second kappa shape index (κ2) is 6.74. The minimum absolute atomic E-state index is 0.0773. The van der Waals surface area contributed by atoms with Gasteiger partial charge in [0.05, 0.1) is 10.8 Å². The van der Waals surface area contributed by atoms with Crippen LogP contribution in [-0.4, -0.2) is 28.9 Å². The van der Waals surface area contributed by atoms with Crippen molar-refractivity contribution in [1.82, 2.24) is 4.98 Å². The summed E-state index contributed by atoms with van der Waals surface area (Å²) in [5, 5.41) is 16.4. The van der Waals surface area contributed by atoms with Gasteiger partial charge in [-0.25, -0.2) is 4.98 Å². The molecule has 0 saturated carbocycles. The number of nitrogens with zero attached hydrogens (tertiary/aromatic N) is 3. The van der Waals surface area contributed by atoms with Gasteiger partial charge in [-0.2, -0.15) is 0 Å². The van der Waals surface area contributed by atoms with Crippen LogP contribution in [0.5, 0.6) is 0 Å². The number of thiazole rings is 1. The summed E-state index contributed by atoms with van der Waals surface area (Å²) >= 11 is 1.37. The van der Waals surface area contributed by atoms with Gasteiger partial charge >= 0.3 is 0 Å². The van der Waals surface area contributed by atoms with E-state index >= 15 is 0 Å². The van der Waals surface area contributed by atoms with E-state index < -0.39 is 0 Å². The summed E-state index contributed by atoms with van der Waals surface area (Å²) < 4.78 is 0. The molecule has 0 bridgehead atoms. The van der Waals surface area contributed by atoms with Crippen molar-refractivity contribution in [3.8, 4) is 0 Å². The third-order valence-electron chi connectivity index (χ3n) is 3.87. The first-order valence-corrected chi connectivity index (χ1v) is 8.22. The van der Waals surface area contributed by atoms with Gasteiger partial charge in [-0.3, -0.25) is 14.9 Å². The molecule has 23 heavy (non-hydrogen) atoms. The molecule has 3 rings (SSSR count). The Morgan fingerprint density at radius 1 is 1.43 bits per heavy atom. The molecule has 120 valence electrons. The zero-order valence-corrected chi connectivity index (χ0v) is 13.2. The number of nitrogens with one attached hydrogen (secondary N) is 1. The Morgan fingerprint density at radius 3 is 3.00 bits per heavy atom. The summed E-state index contributed by atoms with van der Waals surface area (Å²) in [5.41, 5.74) is 0.651. The van der Waals surface area contributed by atoms with E-state index in [4.69, 9.17) is 0 Å². The number of nitro benzene ring substituents is 1. The largest absolute Gasteiger partial charge is 0.365 e. The second-order valence-electron chi connectivity index (χ2n) is 5.36. The van der Waals surface area contributed by atoms with Gasteiger partial charge < -0.3 is 10.2 Å². The van der Waals surface area contributed by atoms with Gasteiger partial charge in [0, 0.05) is 30.7 Å². The molecule has 2 heterocycles. The molecule has 1 aliphatic rings. The van der Waals surface area contributed by atoms with Gasteiger partial charge in [-0.05, 0) is 18.9 Å². The smallest absolute Gasteiger partial charge is 0.292 e. The molecule has 7 nitrogen and oxygen atoms in total. The zero-order valence-electron chi connectivity index (χ0n) is 12.3. The summed E-state index contributed by atoms with van der Waals surface area (Å²) in [6.07, 6.45) is 3.23. The topological polar surface area (TPSA) is 88.4 Å². The molecule has 1 aromatic heterocycles. The van der Waals surface area contributed by atoms with E-state index in [9.17, 15) is 14.9 Å². The third kappa shape index (κ3) is 3.48. The lowest BCUT2D eigenvalue weighted by Gasteiger charge is -2.33. The van der Waals surface area contributed by atoms with Crippen molar-refractivity contribution in [2.45, 2.75) is 12.8 Å². The van der Waals surface area contributed by atoms with E-state index in [-0.39, 0.29) is 22.4 Å². The standard InChI is InChI=1S/C15H16N4O3S/c20-14(17-15-16-7-9-23-15)11-4-3-8-18(10-11)12-5-1-2-6-13(12)19(21)22/h1-2,5-7,9,11H,3-4,8,10H2,(H,16,17,20)/t11-/m0/s1. The fourth-order valence-electron chi connectivity index (χ4n) is 2.79. The fraction of sp³-hybridized carbons (Fsp3) is 0.333. The molecule has 1 aliphatic heterocycles. The van der Waals surface area contributed by atoms with Crippen LogP contribution in [0.2, 0.25) is 0 Å². The first kappa shape index (κ1) is 15.4. The molecule has 1 aromatic carbocycles. The minimum atomic E-state index is -0.380. The Morgan fingerprint density at radius 2 is 2.26 bits per heavy atom. The van der Waals surface area contributed by atoms with Crippen LogP contribution in [0.1, 0.15) is 12.8 Å². The van der Waals surface area contributed by atoms with Crippen LogP contribution in [0.15, 0.2) is 35.8 Å². The Bertz CT molecular complexity index is 705. The molecular weight excluding hydrogens is 316 g/mol. The number of carbonyl (C=O) groups excluding carboxylic acids is 1. The highest BCUT2D eigenvalue weighted by Gasteiger charge is 2.29. The van der Waals surface area contributed by atoms with Gasteiger partial charge in [0.25, 0.3) is 5.69 Å². The van der Waals surface area contributed by atoms with Gasteiger partial charge in [-0.15, -0.1) is 11.3 Å².